The summed E-state index contributed by atoms with van der Waals surface area (Å²) in [5.74, 6) is -1.03. The van der Waals surface area contributed by atoms with Crippen molar-refractivity contribution in [1.82, 2.24) is 0 Å². The molecular formula is C11H13ClO3. The molecule has 2 N–H and O–H groups in total. The van der Waals surface area contributed by atoms with Gasteiger partial charge in [-0.2, -0.15) is 0 Å². The molecule has 0 aromatic heterocycles. The van der Waals surface area contributed by atoms with Gasteiger partial charge in [0, 0.05) is 10.6 Å². The van der Waals surface area contributed by atoms with Crippen molar-refractivity contribution in [2.45, 2.75) is 26.2 Å². The Morgan fingerprint density at radius 2 is 2.13 bits per heavy atom. The van der Waals surface area contributed by atoms with Crippen LogP contribution in [0.25, 0.3) is 0 Å². The predicted octanol–water partition coefficient (Wildman–Crippen LogP) is 2.93. The number of benzene rings is 1. The second kappa shape index (κ2) is 4.53. The van der Waals surface area contributed by atoms with E-state index < -0.39 is 5.97 Å². The first-order chi connectivity index (χ1) is 6.93. The molecule has 0 spiro atoms. The Morgan fingerprint density at radius 3 is 2.67 bits per heavy atom. The van der Waals surface area contributed by atoms with Gasteiger partial charge in [0.15, 0.2) is 0 Å². The van der Waals surface area contributed by atoms with Crippen LogP contribution in [0.5, 0.6) is 5.75 Å². The minimum absolute atomic E-state index is 0.0191. The summed E-state index contributed by atoms with van der Waals surface area (Å²) in [5.41, 5.74) is 1.36. The number of aliphatic carboxylic acids is 1. The zero-order valence-corrected chi connectivity index (χ0v) is 9.38. The van der Waals surface area contributed by atoms with E-state index in [1.54, 1.807) is 19.9 Å². The van der Waals surface area contributed by atoms with Crippen LogP contribution in [0.2, 0.25) is 5.02 Å². The predicted molar refractivity (Wildman–Crippen MR) is 58.5 cm³/mol. The third-order valence-electron chi connectivity index (χ3n) is 2.40. The van der Waals surface area contributed by atoms with Gasteiger partial charge < -0.3 is 10.2 Å². The maximum Gasteiger partial charge on any atom is 0.303 e. The Hall–Kier alpha value is -1.22. The van der Waals surface area contributed by atoms with Gasteiger partial charge in [-0.3, -0.25) is 4.79 Å². The van der Waals surface area contributed by atoms with Crippen molar-refractivity contribution < 1.29 is 15.0 Å². The molecule has 15 heavy (non-hydrogen) atoms. The Morgan fingerprint density at radius 1 is 1.53 bits per heavy atom. The molecule has 0 amide bonds. The monoisotopic (exact) mass is 228 g/mol. The fourth-order valence-corrected chi connectivity index (χ4v) is 1.84. The molecule has 1 aromatic carbocycles. The Kier molecular flexibility index (Phi) is 3.58. The molecule has 82 valence electrons. The van der Waals surface area contributed by atoms with E-state index >= 15 is 0 Å². The quantitative estimate of drug-likeness (QED) is 0.836. The fourth-order valence-electron chi connectivity index (χ4n) is 1.67. The van der Waals surface area contributed by atoms with Crippen LogP contribution in [0.1, 0.15) is 30.4 Å². The molecule has 0 aliphatic heterocycles. The number of aromatic hydroxyl groups is 1. The van der Waals surface area contributed by atoms with Crippen LogP contribution in [0, 0.1) is 6.92 Å². The van der Waals surface area contributed by atoms with Crippen molar-refractivity contribution in [3.63, 3.8) is 0 Å². The molecule has 1 atom stereocenters. The van der Waals surface area contributed by atoms with Gasteiger partial charge in [0.05, 0.1) is 6.42 Å². The van der Waals surface area contributed by atoms with Crippen LogP contribution in [0.15, 0.2) is 12.1 Å². The molecule has 1 aromatic rings. The van der Waals surface area contributed by atoms with Crippen LogP contribution in [0.4, 0.5) is 0 Å². The highest BCUT2D eigenvalue weighted by Crippen LogP contribution is 2.34. The maximum absolute atomic E-state index is 10.6. The second-order valence-electron chi connectivity index (χ2n) is 3.60. The van der Waals surface area contributed by atoms with Crippen molar-refractivity contribution in [1.29, 1.82) is 0 Å². The molecule has 0 bridgehead atoms. The number of rotatable bonds is 3. The molecule has 1 unspecified atom stereocenters. The van der Waals surface area contributed by atoms with E-state index in [0.717, 1.165) is 5.56 Å². The summed E-state index contributed by atoms with van der Waals surface area (Å²) >= 11 is 5.91. The largest absolute Gasteiger partial charge is 0.508 e. The lowest BCUT2D eigenvalue weighted by Gasteiger charge is -2.15. The standard InChI is InChI=1S/C11H13ClO3/c1-6(5-10(14)15)11-7(2)8(12)3-4-9(11)13/h3-4,6,13H,5H2,1-2H3,(H,14,15). The summed E-state index contributed by atoms with van der Waals surface area (Å²) in [6.45, 7) is 3.53. The fraction of sp³-hybridized carbons (Fsp3) is 0.364. The first-order valence-corrected chi connectivity index (χ1v) is 5.01. The maximum atomic E-state index is 10.6. The van der Waals surface area contributed by atoms with Crippen LogP contribution >= 0.6 is 11.6 Å². The minimum Gasteiger partial charge on any atom is -0.508 e. The molecule has 3 nitrogen and oxygen atoms in total. The minimum atomic E-state index is -0.888. The molecule has 0 aliphatic carbocycles. The SMILES string of the molecule is Cc1c(Cl)ccc(O)c1C(C)CC(=O)O. The Labute approximate surface area is 93.3 Å². The molecule has 4 heteroatoms. The molecule has 0 radical (unpaired) electrons. The van der Waals surface area contributed by atoms with Crippen LogP contribution < -0.4 is 0 Å². The van der Waals surface area contributed by atoms with E-state index in [9.17, 15) is 9.90 Å². The highest BCUT2D eigenvalue weighted by atomic mass is 35.5. The summed E-state index contributed by atoms with van der Waals surface area (Å²) in [6.07, 6.45) is -0.0191. The van der Waals surface area contributed by atoms with Crippen molar-refractivity contribution in [2.75, 3.05) is 0 Å². The van der Waals surface area contributed by atoms with Gasteiger partial charge in [-0.05, 0) is 30.5 Å². The average Bonchev–Trinajstić information content (AvgIpc) is 2.11. The lowest BCUT2D eigenvalue weighted by molar-refractivity contribution is -0.137. The van der Waals surface area contributed by atoms with E-state index in [2.05, 4.69) is 0 Å². The number of hydrogen-bond donors (Lipinski definition) is 2. The van der Waals surface area contributed by atoms with Crippen molar-refractivity contribution >= 4 is 17.6 Å². The highest BCUT2D eigenvalue weighted by molar-refractivity contribution is 6.31. The number of halogens is 1. The van der Waals surface area contributed by atoms with E-state index in [1.165, 1.54) is 6.07 Å². The average molecular weight is 229 g/mol. The molecule has 0 aliphatic rings. The molecule has 0 saturated carbocycles. The topological polar surface area (TPSA) is 57.5 Å². The van der Waals surface area contributed by atoms with Gasteiger partial charge in [0.2, 0.25) is 0 Å². The number of hydrogen-bond acceptors (Lipinski definition) is 2. The zero-order valence-electron chi connectivity index (χ0n) is 8.62. The number of phenolic OH excluding ortho intramolecular Hbond substituents is 1. The van der Waals surface area contributed by atoms with E-state index in [1.807, 2.05) is 0 Å². The summed E-state index contributed by atoms with van der Waals surface area (Å²) in [5, 5.41) is 18.9. The summed E-state index contributed by atoms with van der Waals surface area (Å²) < 4.78 is 0. The molecule has 1 rings (SSSR count). The van der Waals surface area contributed by atoms with Crippen LogP contribution in [-0.2, 0) is 4.79 Å². The van der Waals surface area contributed by atoms with E-state index in [0.29, 0.717) is 10.6 Å². The van der Waals surface area contributed by atoms with Crippen molar-refractivity contribution in [3.8, 4) is 5.75 Å². The van der Waals surface area contributed by atoms with Gasteiger partial charge in [-0.15, -0.1) is 0 Å². The van der Waals surface area contributed by atoms with Gasteiger partial charge in [0.25, 0.3) is 0 Å². The highest BCUT2D eigenvalue weighted by Gasteiger charge is 2.17. The number of carbonyl (C=O) groups is 1. The number of phenols is 1. The van der Waals surface area contributed by atoms with E-state index in [4.69, 9.17) is 16.7 Å². The smallest absolute Gasteiger partial charge is 0.303 e. The van der Waals surface area contributed by atoms with Crippen molar-refractivity contribution in [2.24, 2.45) is 0 Å². The summed E-state index contributed by atoms with van der Waals surface area (Å²) in [6, 6.07) is 3.09. The Balaban J connectivity index is 3.12. The second-order valence-corrected chi connectivity index (χ2v) is 4.01. The van der Waals surface area contributed by atoms with Crippen LogP contribution in [0.3, 0.4) is 0 Å². The number of carboxylic acids is 1. The summed E-state index contributed by atoms with van der Waals surface area (Å²) in [4.78, 5) is 10.6. The lowest BCUT2D eigenvalue weighted by atomic mass is 9.93. The summed E-state index contributed by atoms with van der Waals surface area (Å²) in [7, 11) is 0. The van der Waals surface area contributed by atoms with Crippen LogP contribution in [-0.4, -0.2) is 16.2 Å². The van der Waals surface area contributed by atoms with Gasteiger partial charge in [-0.25, -0.2) is 0 Å². The van der Waals surface area contributed by atoms with Gasteiger partial charge in [0.1, 0.15) is 5.75 Å². The Bertz CT molecular complexity index is 388. The normalized spacial score (nSPS) is 12.5. The first kappa shape index (κ1) is 11.9. The third kappa shape index (κ3) is 2.63. The third-order valence-corrected chi connectivity index (χ3v) is 2.81. The lowest BCUT2D eigenvalue weighted by Crippen LogP contribution is -2.05. The zero-order chi connectivity index (χ0) is 11.6. The van der Waals surface area contributed by atoms with E-state index in [-0.39, 0.29) is 18.1 Å². The number of carboxylic acid groups (broad SMARTS) is 1. The van der Waals surface area contributed by atoms with Crippen molar-refractivity contribution in [3.05, 3.63) is 28.3 Å². The molecule has 0 saturated heterocycles. The van der Waals surface area contributed by atoms with Gasteiger partial charge in [-0.1, -0.05) is 18.5 Å². The first-order valence-electron chi connectivity index (χ1n) is 4.63. The van der Waals surface area contributed by atoms with Gasteiger partial charge >= 0.3 is 5.97 Å². The molecule has 0 heterocycles. The molecular weight excluding hydrogens is 216 g/mol. The molecule has 0 fully saturated rings.